The summed E-state index contributed by atoms with van der Waals surface area (Å²) in [6.45, 7) is 0. The number of anilines is 1. The molecule has 3 heteroatoms. The zero-order valence-corrected chi connectivity index (χ0v) is 7.31. The lowest BCUT2D eigenvalue weighted by Crippen LogP contribution is -1.92. The van der Waals surface area contributed by atoms with Crippen LogP contribution in [0.2, 0.25) is 0 Å². The predicted molar refractivity (Wildman–Crippen MR) is 48.8 cm³/mol. The second kappa shape index (κ2) is 3.53. The summed E-state index contributed by atoms with van der Waals surface area (Å²) in [6, 6.07) is 4.70. The number of nitrogen functional groups attached to an aromatic ring is 1. The van der Waals surface area contributed by atoms with Crippen molar-refractivity contribution < 1.29 is 4.39 Å². The smallest absolute Gasteiger partial charge is 0.146 e. The molecule has 1 nitrogen and oxygen atoms in total. The first-order chi connectivity index (χ1) is 5.25. The molecule has 0 atom stereocenters. The normalized spacial score (nSPS) is 10.7. The van der Waals surface area contributed by atoms with E-state index in [2.05, 4.69) is 15.9 Å². The summed E-state index contributed by atoms with van der Waals surface area (Å²) in [5.74, 6) is -0.381. The van der Waals surface area contributed by atoms with Crippen LogP contribution < -0.4 is 5.73 Å². The first-order valence-corrected chi connectivity index (χ1v) is 3.98. The van der Waals surface area contributed by atoms with E-state index < -0.39 is 0 Å². The molecule has 1 rings (SSSR count). The molecule has 0 amide bonds. The van der Waals surface area contributed by atoms with E-state index in [1.807, 2.05) is 0 Å². The number of para-hydroxylation sites is 1. The number of benzene rings is 1. The van der Waals surface area contributed by atoms with Crippen LogP contribution in [-0.4, -0.2) is 0 Å². The fraction of sp³-hybridized carbons (Fsp3) is 0. The van der Waals surface area contributed by atoms with Gasteiger partial charge in [0.2, 0.25) is 0 Å². The Morgan fingerprint density at radius 1 is 1.45 bits per heavy atom. The van der Waals surface area contributed by atoms with Crippen molar-refractivity contribution in [3.8, 4) is 0 Å². The van der Waals surface area contributed by atoms with Crippen molar-refractivity contribution in [2.45, 2.75) is 0 Å². The van der Waals surface area contributed by atoms with Crippen molar-refractivity contribution in [2.75, 3.05) is 5.73 Å². The van der Waals surface area contributed by atoms with Gasteiger partial charge in [0.15, 0.2) is 0 Å². The summed E-state index contributed by atoms with van der Waals surface area (Å²) in [6.07, 6.45) is 1.69. The van der Waals surface area contributed by atoms with E-state index >= 15 is 0 Å². The minimum absolute atomic E-state index is 0.184. The fourth-order valence-corrected chi connectivity index (χ4v) is 1.05. The van der Waals surface area contributed by atoms with Crippen LogP contribution in [-0.2, 0) is 0 Å². The van der Waals surface area contributed by atoms with E-state index in [0.717, 1.165) is 0 Å². The van der Waals surface area contributed by atoms with Gasteiger partial charge in [-0.2, -0.15) is 0 Å². The third kappa shape index (κ3) is 1.80. The molecule has 1 aromatic carbocycles. The number of nitrogens with two attached hydrogens (primary N) is 1. The van der Waals surface area contributed by atoms with Crippen molar-refractivity contribution in [2.24, 2.45) is 0 Å². The molecule has 0 aliphatic carbocycles. The Labute approximate surface area is 72.8 Å². The minimum Gasteiger partial charge on any atom is -0.396 e. The largest absolute Gasteiger partial charge is 0.396 e. The molecule has 2 N–H and O–H groups in total. The van der Waals surface area contributed by atoms with Crippen LogP contribution in [0.4, 0.5) is 10.1 Å². The Kier molecular flexibility index (Phi) is 2.65. The van der Waals surface area contributed by atoms with E-state index in [1.165, 1.54) is 6.07 Å². The lowest BCUT2D eigenvalue weighted by molar-refractivity contribution is 0.632. The lowest BCUT2D eigenvalue weighted by Gasteiger charge is -1.99. The molecule has 0 saturated heterocycles. The van der Waals surface area contributed by atoms with Gasteiger partial charge in [-0.3, -0.25) is 0 Å². The molecule has 0 aliphatic heterocycles. The van der Waals surface area contributed by atoms with E-state index in [-0.39, 0.29) is 11.5 Å². The highest BCUT2D eigenvalue weighted by atomic mass is 79.9. The van der Waals surface area contributed by atoms with E-state index in [1.54, 1.807) is 23.2 Å². The van der Waals surface area contributed by atoms with Crippen molar-refractivity contribution in [1.29, 1.82) is 0 Å². The molecule has 1 aromatic rings. The zero-order chi connectivity index (χ0) is 8.27. The average Bonchev–Trinajstić information content (AvgIpc) is 1.99. The Morgan fingerprint density at radius 2 is 2.18 bits per heavy atom. The highest BCUT2D eigenvalue weighted by Crippen LogP contribution is 2.17. The van der Waals surface area contributed by atoms with Gasteiger partial charge in [0.1, 0.15) is 5.82 Å². The molecule has 0 radical (unpaired) electrons. The molecule has 0 saturated carbocycles. The monoisotopic (exact) mass is 215 g/mol. The summed E-state index contributed by atoms with van der Waals surface area (Å²) in [4.78, 5) is 1.64. The summed E-state index contributed by atoms with van der Waals surface area (Å²) in [7, 11) is 0. The second-order valence-corrected chi connectivity index (χ2v) is 2.56. The van der Waals surface area contributed by atoms with Gasteiger partial charge >= 0.3 is 0 Å². The van der Waals surface area contributed by atoms with Gasteiger partial charge in [-0.05, 0) is 17.1 Å². The van der Waals surface area contributed by atoms with Crippen LogP contribution in [0.3, 0.4) is 0 Å². The Morgan fingerprint density at radius 3 is 2.82 bits per heavy atom. The zero-order valence-electron chi connectivity index (χ0n) is 5.72. The summed E-state index contributed by atoms with van der Waals surface area (Å²) < 4.78 is 12.7. The maximum absolute atomic E-state index is 12.7. The topological polar surface area (TPSA) is 26.0 Å². The molecule has 0 unspecified atom stereocenters. The maximum Gasteiger partial charge on any atom is 0.146 e. The van der Waals surface area contributed by atoms with Crippen LogP contribution in [0.5, 0.6) is 0 Å². The van der Waals surface area contributed by atoms with Crippen molar-refractivity contribution in [3.05, 3.63) is 34.6 Å². The highest BCUT2D eigenvalue weighted by Gasteiger charge is 1.99. The minimum atomic E-state index is -0.381. The molecule has 0 aliphatic rings. The van der Waals surface area contributed by atoms with Gasteiger partial charge in [0.05, 0.1) is 5.69 Å². The standard InChI is InChI=1S/C8H7BrFN/c9-5-4-6-2-1-3-7(10)8(6)11/h1-5H,11H2/b5-4+. The molecule has 0 aromatic heterocycles. The van der Waals surface area contributed by atoms with Gasteiger partial charge in [-0.25, -0.2) is 4.39 Å². The van der Waals surface area contributed by atoms with Gasteiger partial charge in [-0.15, -0.1) is 0 Å². The maximum atomic E-state index is 12.7. The first-order valence-electron chi connectivity index (χ1n) is 3.06. The number of hydrogen-bond acceptors (Lipinski definition) is 1. The van der Waals surface area contributed by atoms with Gasteiger partial charge in [0, 0.05) is 5.56 Å². The molecule has 0 heterocycles. The molecule has 11 heavy (non-hydrogen) atoms. The Hall–Kier alpha value is -0.830. The molecule has 0 fully saturated rings. The summed E-state index contributed by atoms with van der Waals surface area (Å²) in [5, 5.41) is 0. The van der Waals surface area contributed by atoms with Crippen LogP contribution in [0, 0.1) is 5.82 Å². The van der Waals surface area contributed by atoms with Gasteiger partial charge in [-0.1, -0.05) is 28.1 Å². The van der Waals surface area contributed by atoms with Crippen LogP contribution in [0.25, 0.3) is 6.08 Å². The third-order valence-electron chi connectivity index (χ3n) is 1.33. The SMILES string of the molecule is Nc1c(F)cccc1/C=C/Br. The quantitative estimate of drug-likeness (QED) is 0.717. The highest BCUT2D eigenvalue weighted by molar-refractivity contribution is 9.11. The predicted octanol–water partition coefficient (Wildman–Crippen LogP) is 2.77. The van der Waals surface area contributed by atoms with Crippen LogP contribution in [0.15, 0.2) is 23.2 Å². The number of hydrogen-bond donors (Lipinski definition) is 1. The third-order valence-corrected chi connectivity index (χ3v) is 1.59. The molecule has 0 spiro atoms. The first kappa shape index (κ1) is 8.27. The van der Waals surface area contributed by atoms with Crippen molar-refractivity contribution in [1.82, 2.24) is 0 Å². The molecule has 58 valence electrons. The molecule has 0 bridgehead atoms. The lowest BCUT2D eigenvalue weighted by atomic mass is 10.2. The van der Waals surface area contributed by atoms with Crippen LogP contribution in [0.1, 0.15) is 5.56 Å². The van der Waals surface area contributed by atoms with E-state index in [9.17, 15) is 4.39 Å². The van der Waals surface area contributed by atoms with Crippen molar-refractivity contribution >= 4 is 27.7 Å². The Balaban J connectivity index is 3.16. The van der Waals surface area contributed by atoms with Gasteiger partial charge in [0.25, 0.3) is 0 Å². The summed E-state index contributed by atoms with van der Waals surface area (Å²) >= 11 is 3.09. The Bertz CT molecular complexity index is 283. The van der Waals surface area contributed by atoms with E-state index in [0.29, 0.717) is 5.56 Å². The van der Waals surface area contributed by atoms with Crippen molar-refractivity contribution in [3.63, 3.8) is 0 Å². The molecular weight excluding hydrogens is 209 g/mol. The number of rotatable bonds is 1. The summed E-state index contributed by atoms with van der Waals surface area (Å²) in [5.41, 5.74) is 6.29. The second-order valence-electron chi connectivity index (χ2n) is 2.04. The molecular formula is C8H7BrFN. The fourth-order valence-electron chi connectivity index (χ4n) is 0.767. The number of halogens is 2. The van der Waals surface area contributed by atoms with Crippen LogP contribution >= 0.6 is 15.9 Å². The van der Waals surface area contributed by atoms with E-state index in [4.69, 9.17) is 5.73 Å². The van der Waals surface area contributed by atoms with Gasteiger partial charge < -0.3 is 5.73 Å². The average molecular weight is 216 g/mol.